The minimum atomic E-state index is -0.974. The number of anilines is 1. The monoisotopic (exact) mass is 333 g/mol. The zero-order valence-electron chi connectivity index (χ0n) is 11.6. The largest absolute Gasteiger partial charge is 0.397 e. The molecular weight excluding hydrogens is 318 g/mol. The van der Waals surface area contributed by atoms with Gasteiger partial charge in [-0.3, -0.25) is 19.1 Å². The van der Waals surface area contributed by atoms with Crippen molar-refractivity contribution in [2.45, 2.75) is 18.6 Å². The Morgan fingerprint density at radius 2 is 2.19 bits per heavy atom. The summed E-state index contributed by atoms with van der Waals surface area (Å²) in [6.45, 7) is 2.10. The van der Waals surface area contributed by atoms with E-state index in [-0.39, 0.29) is 27.2 Å². The van der Waals surface area contributed by atoms with Gasteiger partial charge in [-0.05, 0) is 6.42 Å². The first kappa shape index (κ1) is 17.4. The maximum atomic E-state index is 12.0. The quantitative estimate of drug-likeness (QED) is 0.467. The molecule has 116 valence electrons. The van der Waals surface area contributed by atoms with Gasteiger partial charge in [0.15, 0.2) is 0 Å². The van der Waals surface area contributed by atoms with E-state index >= 15 is 0 Å². The highest BCUT2D eigenvalue weighted by molar-refractivity contribution is 7.84. The third-order valence-electron chi connectivity index (χ3n) is 2.97. The van der Waals surface area contributed by atoms with Crippen LogP contribution in [0.15, 0.2) is 12.1 Å². The van der Waals surface area contributed by atoms with Crippen LogP contribution >= 0.6 is 11.6 Å². The molecule has 1 amide bonds. The van der Waals surface area contributed by atoms with Gasteiger partial charge < -0.3 is 11.1 Å². The zero-order chi connectivity index (χ0) is 16.2. The molecule has 1 aromatic rings. The summed E-state index contributed by atoms with van der Waals surface area (Å²) in [5, 5.41) is 13.2. The van der Waals surface area contributed by atoms with E-state index in [9.17, 15) is 19.1 Å². The lowest BCUT2D eigenvalue weighted by Crippen LogP contribution is -2.28. The fourth-order valence-corrected chi connectivity index (χ4v) is 2.21. The number of nitrogen functional groups attached to an aromatic ring is 1. The second-order valence-electron chi connectivity index (χ2n) is 4.50. The Bertz CT molecular complexity index is 594. The molecule has 2 unspecified atom stereocenters. The van der Waals surface area contributed by atoms with Gasteiger partial charge in [0.25, 0.3) is 11.6 Å². The molecule has 9 heteroatoms. The fraction of sp³-hybridized carbons (Fsp3) is 0.417. The SMILES string of the molecule is CC(CCNC(=O)c1cc([N+](=O)[O-])cc(Cl)c1N)S(C)=O. The minimum absolute atomic E-state index is 0.00752. The third kappa shape index (κ3) is 4.68. The van der Waals surface area contributed by atoms with E-state index in [0.717, 1.165) is 12.1 Å². The van der Waals surface area contributed by atoms with Crippen molar-refractivity contribution in [1.82, 2.24) is 5.32 Å². The molecule has 2 atom stereocenters. The molecular formula is C12H16ClN3O4S. The van der Waals surface area contributed by atoms with Crippen molar-refractivity contribution in [3.05, 3.63) is 32.8 Å². The second kappa shape index (κ2) is 7.37. The van der Waals surface area contributed by atoms with Crippen LogP contribution in [0.25, 0.3) is 0 Å². The maximum Gasteiger partial charge on any atom is 0.271 e. The molecule has 0 saturated heterocycles. The lowest BCUT2D eigenvalue weighted by atomic mass is 10.1. The van der Waals surface area contributed by atoms with Gasteiger partial charge in [-0.15, -0.1) is 0 Å². The first-order valence-corrected chi connectivity index (χ1v) is 8.07. The molecule has 0 spiro atoms. The minimum Gasteiger partial charge on any atom is -0.397 e. The number of hydrogen-bond donors (Lipinski definition) is 2. The summed E-state index contributed by atoms with van der Waals surface area (Å²) in [6, 6.07) is 2.17. The summed E-state index contributed by atoms with van der Waals surface area (Å²) >= 11 is 5.78. The number of carbonyl (C=O) groups excluding carboxylic acids is 1. The molecule has 0 radical (unpaired) electrons. The Morgan fingerprint density at radius 3 is 2.71 bits per heavy atom. The van der Waals surface area contributed by atoms with Crippen LogP contribution in [0.1, 0.15) is 23.7 Å². The molecule has 0 heterocycles. The Balaban J connectivity index is 2.83. The van der Waals surface area contributed by atoms with Crippen molar-refractivity contribution in [3.8, 4) is 0 Å². The van der Waals surface area contributed by atoms with Crippen molar-refractivity contribution >= 4 is 39.7 Å². The number of rotatable bonds is 6. The topological polar surface area (TPSA) is 115 Å². The number of nitro groups is 1. The highest BCUT2D eigenvalue weighted by atomic mass is 35.5. The van der Waals surface area contributed by atoms with Gasteiger partial charge in [-0.1, -0.05) is 18.5 Å². The Hall–Kier alpha value is -1.67. The number of halogens is 1. The summed E-state index contributed by atoms with van der Waals surface area (Å²) < 4.78 is 11.2. The number of benzene rings is 1. The molecule has 1 aromatic carbocycles. The smallest absolute Gasteiger partial charge is 0.271 e. The standard InChI is InChI=1S/C12H16ClN3O4S/c1-7(21(2)20)3-4-15-12(17)9-5-8(16(18)19)6-10(13)11(9)14/h5-7H,3-4,14H2,1-2H3,(H,15,17). The van der Waals surface area contributed by atoms with E-state index in [4.69, 9.17) is 17.3 Å². The maximum absolute atomic E-state index is 12.0. The van der Waals surface area contributed by atoms with E-state index in [1.54, 1.807) is 13.2 Å². The Morgan fingerprint density at radius 1 is 1.57 bits per heavy atom. The highest BCUT2D eigenvalue weighted by Crippen LogP contribution is 2.28. The van der Waals surface area contributed by atoms with Gasteiger partial charge in [-0.25, -0.2) is 0 Å². The predicted molar refractivity (Wildman–Crippen MR) is 83.0 cm³/mol. The van der Waals surface area contributed by atoms with E-state index in [2.05, 4.69) is 5.32 Å². The van der Waals surface area contributed by atoms with E-state index in [1.807, 2.05) is 0 Å². The van der Waals surface area contributed by atoms with Crippen LogP contribution in [0.2, 0.25) is 5.02 Å². The van der Waals surface area contributed by atoms with Crippen molar-refractivity contribution in [2.24, 2.45) is 0 Å². The predicted octanol–water partition coefficient (Wildman–Crippen LogP) is 1.72. The van der Waals surface area contributed by atoms with Gasteiger partial charge in [0.2, 0.25) is 0 Å². The van der Waals surface area contributed by atoms with Gasteiger partial charge in [0.05, 0.1) is 21.2 Å². The average molecular weight is 334 g/mol. The fourth-order valence-electron chi connectivity index (χ4n) is 1.55. The molecule has 3 N–H and O–H groups in total. The number of nitrogens with one attached hydrogen (secondary N) is 1. The van der Waals surface area contributed by atoms with Crippen molar-refractivity contribution in [2.75, 3.05) is 18.5 Å². The van der Waals surface area contributed by atoms with Crippen LogP contribution < -0.4 is 11.1 Å². The van der Waals surface area contributed by atoms with Gasteiger partial charge in [0, 0.05) is 41.0 Å². The summed E-state index contributed by atoms with van der Waals surface area (Å²) in [4.78, 5) is 22.1. The van der Waals surface area contributed by atoms with E-state index in [0.29, 0.717) is 13.0 Å². The first-order valence-electron chi connectivity index (χ1n) is 6.08. The van der Waals surface area contributed by atoms with Crippen LogP contribution in [-0.2, 0) is 10.8 Å². The summed E-state index contributed by atoms with van der Waals surface area (Å²) in [7, 11) is -0.974. The molecule has 7 nitrogen and oxygen atoms in total. The van der Waals surface area contributed by atoms with Gasteiger partial charge >= 0.3 is 0 Å². The van der Waals surface area contributed by atoms with E-state index < -0.39 is 21.6 Å². The lowest BCUT2D eigenvalue weighted by Gasteiger charge is -2.11. The number of nitro benzene ring substituents is 1. The molecule has 0 aliphatic rings. The number of amides is 1. The van der Waals surface area contributed by atoms with Gasteiger partial charge in [-0.2, -0.15) is 0 Å². The number of non-ortho nitro benzene ring substituents is 1. The number of nitrogens with zero attached hydrogens (tertiary/aromatic N) is 1. The first-order chi connectivity index (χ1) is 9.73. The van der Waals surface area contributed by atoms with Gasteiger partial charge in [0.1, 0.15) is 0 Å². The zero-order valence-corrected chi connectivity index (χ0v) is 13.2. The van der Waals surface area contributed by atoms with Crippen molar-refractivity contribution in [1.29, 1.82) is 0 Å². The summed E-state index contributed by atoms with van der Waals surface area (Å²) in [5.41, 5.74) is 5.32. The van der Waals surface area contributed by atoms with Crippen LogP contribution in [0.4, 0.5) is 11.4 Å². The summed E-state index contributed by atoms with van der Waals surface area (Å²) in [5.74, 6) is -0.549. The Labute approximate surface area is 129 Å². The van der Waals surface area contributed by atoms with E-state index in [1.165, 1.54) is 0 Å². The third-order valence-corrected chi connectivity index (χ3v) is 4.65. The lowest BCUT2D eigenvalue weighted by molar-refractivity contribution is -0.384. The highest BCUT2D eigenvalue weighted by Gasteiger charge is 2.18. The Kier molecular flexibility index (Phi) is 6.10. The van der Waals surface area contributed by atoms with Crippen LogP contribution in [0, 0.1) is 10.1 Å². The molecule has 1 rings (SSSR count). The second-order valence-corrected chi connectivity index (χ2v) is 6.71. The molecule has 0 aromatic heterocycles. The normalized spacial score (nSPS) is 13.5. The molecule has 0 fully saturated rings. The molecule has 21 heavy (non-hydrogen) atoms. The van der Waals surface area contributed by atoms with Crippen LogP contribution in [0.5, 0.6) is 0 Å². The molecule has 0 saturated carbocycles. The number of nitrogens with two attached hydrogens (primary N) is 1. The number of carbonyl (C=O) groups is 1. The summed E-state index contributed by atoms with van der Waals surface area (Å²) in [6.07, 6.45) is 2.11. The molecule has 0 aliphatic heterocycles. The van der Waals surface area contributed by atoms with Crippen LogP contribution in [-0.4, -0.2) is 33.1 Å². The van der Waals surface area contributed by atoms with Crippen molar-refractivity contribution < 1.29 is 13.9 Å². The van der Waals surface area contributed by atoms with Crippen LogP contribution in [0.3, 0.4) is 0 Å². The molecule has 0 aliphatic carbocycles. The average Bonchev–Trinajstić information content (AvgIpc) is 2.40. The number of hydrogen-bond acceptors (Lipinski definition) is 5. The van der Waals surface area contributed by atoms with Crippen molar-refractivity contribution in [3.63, 3.8) is 0 Å². The molecule has 0 bridgehead atoms.